The van der Waals surface area contributed by atoms with E-state index in [0.717, 1.165) is 0 Å². The number of hydrogen-bond donors (Lipinski definition) is 1. The van der Waals surface area contributed by atoms with Crippen LogP contribution in [-0.2, 0) is 4.74 Å². The molecule has 84 valence electrons. The predicted octanol–water partition coefficient (Wildman–Crippen LogP) is 3.45. The van der Waals surface area contributed by atoms with Gasteiger partial charge in [0.2, 0.25) is 0 Å². The number of aliphatic hydroxyl groups excluding tert-OH is 1. The molecule has 4 heteroatoms. The van der Waals surface area contributed by atoms with Crippen LogP contribution >= 0.6 is 23.2 Å². The van der Waals surface area contributed by atoms with Gasteiger partial charge in [0.25, 0.3) is 0 Å². The molecule has 15 heavy (non-hydrogen) atoms. The smallest absolute Gasteiger partial charge is 0.107 e. The van der Waals surface area contributed by atoms with Crippen LogP contribution in [0.5, 0.6) is 0 Å². The molecule has 0 heterocycles. The van der Waals surface area contributed by atoms with Crippen molar-refractivity contribution < 1.29 is 9.84 Å². The first kappa shape index (κ1) is 12.8. The molecule has 0 saturated carbocycles. The Balaban J connectivity index is 2.99. The van der Waals surface area contributed by atoms with Crippen LogP contribution in [0.3, 0.4) is 0 Å². The van der Waals surface area contributed by atoms with Gasteiger partial charge in [0.05, 0.1) is 16.1 Å². The highest BCUT2D eigenvalue weighted by molar-refractivity contribution is 6.42. The lowest BCUT2D eigenvalue weighted by Crippen LogP contribution is -2.20. The van der Waals surface area contributed by atoms with Gasteiger partial charge in [-0.25, -0.2) is 0 Å². The third-order valence-corrected chi connectivity index (χ3v) is 3.19. The van der Waals surface area contributed by atoms with Crippen molar-refractivity contribution in [2.75, 3.05) is 7.11 Å². The summed E-state index contributed by atoms with van der Waals surface area (Å²) in [6.45, 7) is 1.94. The second kappa shape index (κ2) is 5.71. The van der Waals surface area contributed by atoms with Crippen LogP contribution in [0.4, 0.5) is 0 Å². The van der Waals surface area contributed by atoms with E-state index in [2.05, 4.69) is 0 Å². The normalized spacial score (nSPS) is 15.0. The largest absolute Gasteiger partial charge is 0.386 e. The van der Waals surface area contributed by atoms with Gasteiger partial charge in [-0.2, -0.15) is 0 Å². The summed E-state index contributed by atoms with van der Waals surface area (Å²) in [6, 6.07) is 5.20. The number of methoxy groups -OCH3 is 1. The lowest BCUT2D eigenvalue weighted by atomic mass is 10.0. The summed E-state index contributed by atoms with van der Waals surface area (Å²) in [7, 11) is 1.57. The van der Waals surface area contributed by atoms with E-state index in [4.69, 9.17) is 27.9 Å². The summed E-state index contributed by atoms with van der Waals surface area (Å²) >= 11 is 11.9. The van der Waals surface area contributed by atoms with E-state index in [1.54, 1.807) is 25.3 Å². The maximum absolute atomic E-state index is 10.0. The van der Waals surface area contributed by atoms with Gasteiger partial charge in [0.15, 0.2) is 0 Å². The zero-order valence-corrected chi connectivity index (χ0v) is 10.2. The molecule has 2 unspecified atom stereocenters. The molecule has 1 rings (SSSR count). The van der Waals surface area contributed by atoms with Gasteiger partial charge in [-0.3, -0.25) is 0 Å². The summed E-state index contributed by atoms with van der Waals surface area (Å²) in [5.74, 6) is 0. The fourth-order valence-electron chi connectivity index (χ4n) is 1.47. The summed E-state index contributed by atoms with van der Waals surface area (Å²) in [5.41, 5.74) is 0.609. The first-order chi connectivity index (χ1) is 7.11. The van der Waals surface area contributed by atoms with Crippen LogP contribution in [0.25, 0.3) is 0 Å². The van der Waals surface area contributed by atoms with Gasteiger partial charge in [-0.15, -0.1) is 0 Å². The fourth-order valence-corrected chi connectivity index (χ4v) is 1.89. The van der Waals surface area contributed by atoms with E-state index < -0.39 is 6.10 Å². The maximum Gasteiger partial charge on any atom is 0.107 e. The molecule has 0 aliphatic rings. The second-order valence-electron chi connectivity index (χ2n) is 3.27. The van der Waals surface area contributed by atoms with E-state index in [9.17, 15) is 5.11 Å². The fraction of sp³-hybridized carbons (Fsp3) is 0.455. The van der Waals surface area contributed by atoms with Crippen LogP contribution in [0.2, 0.25) is 10.0 Å². The Morgan fingerprint density at radius 2 is 2.07 bits per heavy atom. The average molecular weight is 249 g/mol. The Hall–Kier alpha value is -0.280. The number of ether oxygens (including phenoxy) is 1. The zero-order chi connectivity index (χ0) is 11.4. The van der Waals surface area contributed by atoms with Crippen molar-refractivity contribution in [2.24, 2.45) is 0 Å². The molecule has 0 amide bonds. The minimum Gasteiger partial charge on any atom is -0.386 e. The van der Waals surface area contributed by atoms with E-state index >= 15 is 0 Å². The van der Waals surface area contributed by atoms with Crippen molar-refractivity contribution in [1.29, 1.82) is 0 Å². The Bertz CT molecular complexity index is 324. The molecule has 0 fully saturated rings. The number of hydrogen-bond acceptors (Lipinski definition) is 2. The lowest BCUT2D eigenvalue weighted by Gasteiger charge is -2.21. The summed E-state index contributed by atoms with van der Waals surface area (Å²) in [6.07, 6.45) is -0.298. The van der Waals surface area contributed by atoms with Gasteiger partial charge in [-0.1, -0.05) is 42.3 Å². The Kier molecular flexibility index (Phi) is 4.87. The van der Waals surface area contributed by atoms with Crippen molar-refractivity contribution in [3.63, 3.8) is 0 Å². The maximum atomic E-state index is 10.0. The molecular weight excluding hydrogens is 235 g/mol. The minimum atomic E-state index is -0.744. The lowest BCUT2D eigenvalue weighted by molar-refractivity contribution is -0.0148. The quantitative estimate of drug-likeness (QED) is 0.885. The monoisotopic (exact) mass is 248 g/mol. The highest BCUT2D eigenvalue weighted by Crippen LogP contribution is 2.32. The van der Waals surface area contributed by atoms with Crippen LogP contribution < -0.4 is 0 Å². The molecule has 0 spiro atoms. The Morgan fingerprint density at radius 3 is 2.60 bits per heavy atom. The molecule has 0 radical (unpaired) electrons. The molecule has 0 aliphatic heterocycles. The number of halogens is 2. The van der Waals surface area contributed by atoms with E-state index in [0.29, 0.717) is 22.0 Å². The van der Waals surface area contributed by atoms with Crippen molar-refractivity contribution in [3.05, 3.63) is 33.8 Å². The first-order valence-electron chi connectivity index (χ1n) is 4.76. The van der Waals surface area contributed by atoms with Gasteiger partial charge < -0.3 is 9.84 Å². The number of aliphatic hydroxyl groups is 1. The van der Waals surface area contributed by atoms with Gasteiger partial charge in [0.1, 0.15) is 6.10 Å². The molecule has 0 saturated heterocycles. The molecule has 1 aromatic carbocycles. The molecule has 2 nitrogen and oxygen atoms in total. The van der Waals surface area contributed by atoms with Crippen LogP contribution in [0.1, 0.15) is 25.0 Å². The average Bonchev–Trinajstić information content (AvgIpc) is 2.23. The van der Waals surface area contributed by atoms with Crippen LogP contribution in [0, 0.1) is 0 Å². The summed E-state index contributed by atoms with van der Waals surface area (Å²) in [4.78, 5) is 0. The summed E-state index contributed by atoms with van der Waals surface area (Å²) < 4.78 is 5.16. The van der Waals surface area contributed by atoms with Gasteiger partial charge in [0, 0.05) is 12.7 Å². The Labute approximate surface area is 99.8 Å². The Morgan fingerprint density at radius 1 is 1.40 bits per heavy atom. The number of rotatable bonds is 4. The van der Waals surface area contributed by atoms with Crippen molar-refractivity contribution >= 4 is 23.2 Å². The molecule has 0 aliphatic carbocycles. The van der Waals surface area contributed by atoms with Gasteiger partial charge in [-0.05, 0) is 12.5 Å². The van der Waals surface area contributed by atoms with E-state index in [-0.39, 0.29) is 6.10 Å². The molecular formula is C11H14Cl2O2. The van der Waals surface area contributed by atoms with Crippen LogP contribution in [0.15, 0.2) is 18.2 Å². The van der Waals surface area contributed by atoms with Crippen LogP contribution in [-0.4, -0.2) is 18.3 Å². The number of benzene rings is 1. The topological polar surface area (TPSA) is 29.5 Å². The standard InChI is InChI=1S/C11H14Cl2O2/c1-3-9(15-2)11(14)7-5-4-6-8(12)10(7)13/h4-6,9,11,14H,3H2,1-2H3. The van der Waals surface area contributed by atoms with E-state index in [1.807, 2.05) is 6.92 Å². The van der Waals surface area contributed by atoms with Crippen molar-refractivity contribution in [3.8, 4) is 0 Å². The SMILES string of the molecule is CCC(OC)C(O)c1cccc(Cl)c1Cl. The second-order valence-corrected chi connectivity index (χ2v) is 4.06. The molecule has 1 aromatic rings. The van der Waals surface area contributed by atoms with Gasteiger partial charge >= 0.3 is 0 Å². The zero-order valence-electron chi connectivity index (χ0n) is 8.71. The third kappa shape index (κ3) is 2.85. The molecule has 1 N–H and O–H groups in total. The molecule has 2 atom stereocenters. The highest BCUT2D eigenvalue weighted by atomic mass is 35.5. The molecule has 0 bridgehead atoms. The first-order valence-corrected chi connectivity index (χ1v) is 5.52. The third-order valence-electron chi connectivity index (χ3n) is 2.36. The van der Waals surface area contributed by atoms with Crippen molar-refractivity contribution in [2.45, 2.75) is 25.6 Å². The predicted molar refractivity (Wildman–Crippen MR) is 62.5 cm³/mol. The molecule has 0 aromatic heterocycles. The van der Waals surface area contributed by atoms with Crippen molar-refractivity contribution in [1.82, 2.24) is 0 Å². The minimum absolute atomic E-state index is 0.263. The van der Waals surface area contributed by atoms with E-state index in [1.165, 1.54) is 0 Å². The summed E-state index contributed by atoms with van der Waals surface area (Å²) in [5, 5.41) is 10.9. The highest BCUT2D eigenvalue weighted by Gasteiger charge is 2.21.